The fourth-order valence-electron chi connectivity index (χ4n) is 1.57. The van der Waals surface area contributed by atoms with Gasteiger partial charge in [-0.25, -0.2) is 17.9 Å². The molecule has 1 aliphatic rings. The number of aliphatic hydroxyl groups is 1. The summed E-state index contributed by atoms with van der Waals surface area (Å²) in [7, 11) is -3.56. The molecule has 0 aromatic carbocycles. The molecule has 7 nitrogen and oxygen atoms in total. The molecule has 1 saturated heterocycles. The van der Waals surface area contributed by atoms with Gasteiger partial charge in [0.25, 0.3) is 0 Å². The van der Waals surface area contributed by atoms with Crippen LogP contribution >= 0.6 is 11.6 Å². The van der Waals surface area contributed by atoms with Crippen LogP contribution in [0, 0.1) is 0 Å². The van der Waals surface area contributed by atoms with E-state index in [0.29, 0.717) is 0 Å². The van der Waals surface area contributed by atoms with Gasteiger partial charge in [-0.3, -0.25) is 0 Å². The number of hydrogen-bond acceptors (Lipinski definition) is 4. The lowest BCUT2D eigenvalue weighted by Gasteiger charge is -2.36. The predicted octanol–water partition coefficient (Wildman–Crippen LogP) is -0.393. The first kappa shape index (κ1) is 14.5. The Balaban J connectivity index is 2.48. The lowest BCUT2D eigenvalue weighted by Crippen LogP contribution is -2.51. The Labute approximate surface area is 104 Å². The first-order valence-corrected chi connectivity index (χ1v) is 7.20. The summed E-state index contributed by atoms with van der Waals surface area (Å²) in [5.41, 5.74) is -1.20. The van der Waals surface area contributed by atoms with E-state index < -0.39 is 26.9 Å². The quantitative estimate of drug-likeness (QED) is 0.610. The zero-order valence-corrected chi connectivity index (χ0v) is 10.7. The zero-order valence-electron chi connectivity index (χ0n) is 9.10. The number of alkyl halides is 1. The summed E-state index contributed by atoms with van der Waals surface area (Å²) in [4.78, 5) is 11.8. The van der Waals surface area contributed by atoms with Crippen LogP contribution in [0.25, 0.3) is 0 Å². The topological polar surface area (TPSA) is 107 Å². The Hall–Kier alpha value is -0.570. The molecular weight excluding hydrogens is 272 g/mol. The van der Waals surface area contributed by atoms with Crippen molar-refractivity contribution in [2.45, 2.75) is 18.4 Å². The Morgan fingerprint density at radius 2 is 1.94 bits per heavy atom. The number of halogens is 1. The second-order valence-electron chi connectivity index (χ2n) is 4.04. The number of carboxylic acid groups (broad SMARTS) is 1. The average molecular weight is 287 g/mol. The van der Waals surface area contributed by atoms with Crippen LogP contribution in [0.3, 0.4) is 0 Å². The zero-order chi connectivity index (χ0) is 13.1. The first-order valence-electron chi connectivity index (χ1n) is 5.02. The fraction of sp³-hybridized carbons (Fsp3) is 0.875. The van der Waals surface area contributed by atoms with Crippen molar-refractivity contribution in [1.29, 1.82) is 0 Å². The van der Waals surface area contributed by atoms with E-state index in [1.807, 2.05) is 0 Å². The highest BCUT2D eigenvalue weighted by molar-refractivity contribution is 7.90. The molecule has 1 aliphatic heterocycles. The SMILES string of the molecule is O=C(O)N1CCC(O)(CNS(=O)(=O)CCl)CC1. The summed E-state index contributed by atoms with van der Waals surface area (Å²) in [5.74, 6) is 0. The molecule has 0 radical (unpaired) electrons. The summed E-state index contributed by atoms with van der Waals surface area (Å²) in [5, 5.41) is 18.2. The van der Waals surface area contributed by atoms with Gasteiger partial charge in [-0.1, -0.05) is 0 Å². The third-order valence-corrected chi connectivity index (χ3v) is 4.46. The molecule has 1 amide bonds. The molecule has 0 saturated carbocycles. The van der Waals surface area contributed by atoms with Gasteiger partial charge < -0.3 is 15.1 Å². The molecule has 3 N–H and O–H groups in total. The number of likely N-dealkylation sites (tertiary alicyclic amines) is 1. The van der Waals surface area contributed by atoms with E-state index in [2.05, 4.69) is 4.72 Å². The smallest absolute Gasteiger partial charge is 0.407 e. The van der Waals surface area contributed by atoms with Crippen molar-refractivity contribution in [3.05, 3.63) is 0 Å². The Kier molecular flexibility index (Phi) is 4.59. The van der Waals surface area contributed by atoms with E-state index in [-0.39, 0.29) is 32.5 Å². The fourth-order valence-corrected chi connectivity index (χ4v) is 2.37. The Morgan fingerprint density at radius 1 is 1.41 bits per heavy atom. The number of rotatable bonds is 4. The second-order valence-corrected chi connectivity index (χ2v) is 6.43. The minimum Gasteiger partial charge on any atom is -0.465 e. The van der Waals surface area contributed by atoms with Crippen LogP contribution in [0.15, 0.2) is 0 Å². The Bertz CT molecular complexity index is 377. The minimum absolute atomic E-state index is 0.143. The van der Waals surface area contributed by atoms with Crippen LogP contribution in [0.5, 0.6) is 0 Å². The van der Waals surface area contributed by atoms with E-state index in [4.69, 9.17) is 16.7 Å². The number of sulfonamides is 1. The Morgan fingerprint density at radius 3 is 2.35 bits per heavy atom. The lowest BCUT2D eigenvalue weighted by atomic mass is 9.92. The van der Waals surface area contributed by atoms with Gasteiger partial charge in [0.2, 0.25) is 10.0 Å². The van der Waals surface area contributed by atoms with Gasteiger partial charge in [0.05, 0.1) is 5.60 Å². The van der Waals surface area contributed by atoms with Gasteiger partial charge in [-0.05, 0) is 12.8 Å². The van der Waals surface area contributed by atoms with Gasteiger partial charge >= 0.3 is 6.09 Å². The standard InChI is InChI=1S/C8H15ClN2O5S/c9-6-17(15,16)10-5-8(14)1-3-11(4-2-8)7(12)13/h10,14H,1-6H2,(H,12,13). The summed E-state index contributed by atoms with van der Waals surface area (Å²) in [6, 6.07) is 0. The molecule has 1 heterocycles. The highest BCUT2D eigenvalue weighted by Gasteiger charge is 2.34. The molecule has 1 rings (SSSR count). The first-order chi connectivity index (χ1) is 7.78. The van der Waals surface area contributed by atoms with Gasteiger partial charge in [0.15, 0.2) is 0 Å². The van der Waals surface area contributed by atoms with Gasteiger partial charge in [0.1, 0.15) is 5.21 Å². The summed E-state index contributed by atoms with van der Waals surface area (Å²) in [6.07, 6.45) is -0.637. The summed E-state index contributed by atoms with van der Waals surface area (Å²) < 4.78 is 24.4. The molecule has 9 heteroatoms. The number of nitrogens with one attached hydrogen (secondary N) is 1. The molecule has 1 fully saturated rings. The summed E-state index contributed by atoms with van der Waals surface area (Å²) in [6.45, 7) is 0.235. The predicted molar refractivity (Wildman–Crippen MR) is 61.4 cm³/mol. The van der Waals surface area contributed by atoms with Crippen molar-refractivity contribution >= 4 is 27.7 Å². The highest BCUT2D eigenvalue weighted by Crippen LogP contribution is 2.21. The number of nitrogens with zero attached hydrogens (tertiary/aromatic N) is 1. The van der Waals surface area contributed by atoms with E-state index in [1.165, 1.54) is 4.90 Å². The highest BCUT2D eigenvalue weighted by atomic mass is 35.5. The normalized spacial score (nSPS) is 20.2. The van der Waals surface area contributed by atoms with E-state index >= 15 is 0 Å². The van der Waals surface area contributed by atoms with E-state index in [1.54, 1.807) is 0 Å². The average Bonchev–Trinajstić information content (AvgIpc) is 2.27. The molecule has 0 unspecified atom stereocenters. The van der Waals surface area contributed by atoms with E-state index in [9.17, 15) is 18.3 Å². The third kappa shape index (κ3) is 4.30. The molecule has 0 aliphatic carbocycles. The molecule has 0 spiro atoms. The summed E-state index contributed by atoms with van der Waals surface area (Å²) >= 11 is 5.20. The number of carbonyl (C=O) groups is 1. The third-order valence-electron chi connectivity index (χ3n) is 2.73. The van der Waals surface area contributed by atoms with Crippen molar-refractivity contribution < 1.29 is 23.4 Å². The van der Waals surface area contributed by atoms with Crippen LogP contribution in [-0.4, -0.2) is 60.1 Å². The number of amides is 1. The van der Waals surface area contributed by atoms with Crippen molar-refractivity contribution in [2.24, 2.45) is 0 Å². The van der Waals surface area contributed by atoms with Crippen LogP contribution in [0.4, 0.5) is 4.79 Å². The molecular formula is C8H15ClN2O5S. The number of piperidine rings is 1. The molecule has 100 valence electrons. The van der Waals surface area contributed by atoms with Crippen LogP contribution in [0.1, 0.15) is 12.8 Å². The molecule has 17 heavy (non-hydrogen) atoms. The van der Waals surface area contributed by atoms with Crippen LogP contribution in [-0.2, 0) is 10.0 Å². The molecule has 0 aromatic heterocycles. The largest absolute Gasteiger partial charge is 0.465 e. The van der Waals surface area contributed by atoms with Crippen LogP contribution < -0.4 is 4.72 Å². The van der Waals surface area contributed by atoms with Gasteiger partial charge in [-0.15, -0.1) is 11.6 Å². The van der Waals surface area contributed by atoms with Gasteiger partial charge in [0, 0.05) is 19.6 Å². The van der Waals surface area contributed by atoms with Crippen molar-refractivity contribution in [1.82, 2.24) is 9.62 Å². The maximum Gasteiger partial charge on any atom is 0.407 e. The second kappa shape index (κ2) is 5.38. The van der Waals surface area contributed by atoms with Crippen molar-refractivity contribution in [2.75, 3.05) is 24.8 Å². The maximum absolute atomic E-state index is 11.1. The van der Waals surface area contributed by atoms with Crippen LogP contribution in [0.2, 0.25) is 0 Å². The van der Waals surface area contributed by atoms with Crippen molar-refractivity contribution in [3.63, 3.8) is 0 Å². The molecule has 0 aromatic rings. The molecule has 0 bridgehead atoms. The lowest BCUT2D eigenvalue weighted by molar-refractivity contribution is -0.0119. The van der Waals surface area contributed by atoms with E-state index in [0.717, 1.165) is 0 Å². The minimum atomic E-state index is -3.56. The maximum atomic E-state index is 11.1. The van der Waals surface area contributed by atoms with Gasteiger partial charge in [-0.2, -0.15) is 0 Å². The van der Waals surface area contributed by atoms with Crippen molar-refractivity contribution in [3.8, 4) is 0 Å². The molecule has 0 atom stereocenters. The number of hydrogen-bond donors (Lipinski definition) is 3. The monoisotopic (exact) mass is 286 g/mol.